The highest BCUT2D eigenvalue weighted by molar-refractivity contribution is 7.28. The number of carbonyl (C=O) groups excluding carboxylic acids is 4. The standard InChI is InChI=1S/C13H22O9Si2/c1-7(14)18-11-12(19-8(2)15)22-23(21-10(4)17)24(5,6)13(11)20-9(3)16/h11-13,23H,1-6H3. The quantitative estimate of drug-likeness (QED) is 0.375. The third-order valence-corrected chi connectivity index (χ3v) is 12.9. The molecule has 0 aliphatic carbocycles. The van der Waals surface area contributed by atoms with E-state index in [1.165, 1.54) is 20.8 Å². The average Bonchev–Trinajstić information content (AvgIpc) is 2.37. The molecule has 0 bridgehead atoms. The van der Waals surface area contributed by atoms with E-state index >= 15 is 0 Å². The predicted octanol–water partition coefficient (Wildman–Crippen LogP) is -0.121. The van der Waals surface area contributed by atoms with Crippen LogP contribution in [0.2, 0.25) is 13.1 Å². The van der Waals surface area contributed by atoms with Crippen molar-refractivity contribution in [1.82, 2.24) is 0 Å². The summed E-state index contributed by atoms with van der Waals surface area (Å²) in [7, 11) is -5.30. The molecule has 4 atom stereocenters. The number of carbonyl (C=O) groups is 4. The van der Waals surface area contributed by atoms with Crippen LogP contribution >= 0.6 is 0 Å². The molecule has 24 heavy (non-hydrogen) atoms. The van der Waals surface area contributed by atoms with Gasteiger partial charge in [-0.25, -0.2) is 0 Å². The van der Waals surface area contributed by atoms with Crippen molar-refractivity contribution in [2.45, 2.75) is 58.9 Å². The molecule has 0 spiro atoms. The molecule has 0 saturated carbocycles. The molecule has 0 amide bonds. The van der Waals surface area contributed by atoms with E-state index in [0.717, 1.165) is 6.92 Å². The number of rotatable bonds is 4. The number of hydrogen-bond donors (Lipinski definition) is 0. The van der Waals surface area contributed by atoms with Crippen molar-refractivity contribution in [3.63, 3.8) is 0 Å². The first kappa shape index (κ1) is 20.3. The Balaban J connectivity index is 3.27. The molecule has 1 heterocycles. The minimum absolute atomic E-state index is 0.540. The lowest BCUT2D eigenvalue weighted by Crippen LogP contribution is -2.72. The normalized spacial score (nSPS) is 28.4. The van der Waals surface area contributed by atoms with Crippen LogP contribution in [-0.4, -0.2) is 58.4 Å². The van der Waals surface area contributed by atoms with Gasteiger partial charge in [-0.2, -0.15) is 0 Å². The highest BCUT2D eigenvalue weighted by atomic mass is 29.2. The summed E-state index contributed by atoms with van der Waals surface area (Å²) in [6.07, 6.45) is -2.41. The topological polar surface area (TPSA) is 114 Å². The SMILES string of the molecule is CC(=O)OC1O[SiH](OC(C)=O)[Si](C)(C)C(OC(C)=O)C1OC(C)=O. The van der Waals surface area contributed by atoms with Crippen molar-refractivity contribution in [3.05, 3.63) is 0 Å². The van der Waals surface area contributed by atoms with Gasteiger partial charge < -0.3 is 23.1 Å². The minimum Gasteiger partial charge on any atom is -0.500 e. The maximum atomic E-state index is 11.5. The second-order valence-corrected chi connectivity index (χ2v) is 17.2. The second-order valence-electron chi connectivity index (χ2n) is 5.98. The maximum absolute atomic E-state index is 11.5. The number of ether oxygens (including phenoxy) is 3. The summed E-state index contributed by atoms with van der Waals surface area (Å²) in [6, 6.07) is 0. The average molecular weight is 378 g/mol. The summed E-state index contributed by atoms with van der Waals surface area (Å²) in [5.74, 6) is -2.44. The first-order valence-corrected chi connectivity index (χ1v) is 13.1. The smallest absolute Gasteiger partial charge is 0.368 e. The fraction of sp³-hybridized carbons (Fsp3) is 0.692. The maximum Gasteiger partial charge on any atom is 0.368 e. The fourth-order valence-corrected chi connectivity index (χ4v) is 10.1. The molecule has 1 aliphatic heterocycles. The Bertz CT molecular complexity index is 534. The van der Waals surface area contributed by atoms with Crippen LogP contribution in [0.3, 0.4) is 0 Å². The van der Waals surface area contributed by atoms with Gasteiger partial charge in [0.05, 0.1) is 0 Å². The second kappa shape index (κ2) is 7.90. The zero-order valence-electron chi connectivity index (χ0n) is 14.5. The summed E-state index contributed by atoms with van der Waals surface area (Å²) < 4.78 is 26.6. The van der Waals surface area contributed by atoms with Crippen LogP contribution < -0.4 is 0 Å². The molecule has 1 aliphatic rings. The van der Waals surface area contributed by atoms with Gasteiger partial charge in [0.1, 0.15) is 5.73 Å². The van der Waals surface area contributed by atoms with Crippen molar-refractivity contribution >= 4 is 40.3 Å². The summed E-state index contributed by atoms with van der Waals surface area (Å²) in [4.78, 5) is 45.6. The Morgan fingerprint density at radius 1 is 0.833 bits per heavy atom. The minimum atomic E-state index is -2.67. The van der Waals surface area contributed by atoms with Crippen molar-refractivity contribution in [3.8, 4) is 0 Å². The molecule has 0 radical (unpaired) electrons. The van der Waals surface area contributed by atoms with E-state index in [9.17, 15) is 19.2 Å². The Hall–Kier alpha value is -1.73. The van der Waals surface area contributed by atoms with E-state index in [-0.39, 0.29) is 0 Å². The molecule has 1 rings (SSSR count). The zero-order valence-corrected chi connectivity index (χ0v) is 16.6. The van der Waals surface area contributed by atoms with Crippen LogP contribution in [0.15, 0.2) is 0 Å². The lowest BCUT2D eigenvalue weighted by atomic mass is 10.3. The van der Waals surface area contributed by atoms with E-state index in [4.69, 9.17) is 23.1 Å². The molecule has 0 aromatic heterocycles. The highest BCUT2D eigenvalue weighted by Crippen LogP contribution is 2.32. The summed E-state index contributed by atoms with van der Waals surface area (Å²) in [5, 5.41) is 0. The largest absolute Gasteiger partial charge is 0.500 e. The Labute approximate surface area is 142 Å². The van der Waals surface area contributed by atoms with Gasteiger partial charge in [0.2, 0.25) is 6.29 Å². The lowest BCUT2D eigenvalue weighted by Gasteiger charge is -2.46. The van der Waals surface area contributed by atoms with E-state index < -0.39 is 58.4 Å². The first-order chi connectivity index (χ1) is 10.9. The molecule has 1 saturated heterocycles. The van der Waals surface area contributed by atoms with Gasteiger partial charge in [0, 0.05) is 27.7 Å². The van der Waals surface area contributed by atoms with E-state index in [1.807, 2.05) is 0 Å². The summed E-state index contributed by atoms with van der Waals surface area (Å²) in [5.41, 5.74) is -0.868. The number of esters is 3. The van der Waals surface area contributed by atoms with Crippen molar-refractivity contribution in [1.29, 1.82) is 0 Å². The van der Waals surface area contributed by atoms with E-state index in [1.54, 1.807) is 13.1 Å². The first-order valence-electron chi connectivity index (χ1n) is 7.29. The molecule has 0 aromatic carbocycles. The molecule has 136 valence electrons. The summed E-state index contributed by atoms with van der Waals surface area (Å²) in [6.45, 7) is 8.41. The lowest BCUT2D eigenvalue weighted by molar-refractivity contribution is -0.208. The van der Waals surface area contributed by atoms with Gasteiger partial charge in [0.15, 0.2) is 13.7 Å². The van der Waals surface area contributed by atoms with Gasteiger partial charge in [-0.05, 0) is 0 Å². The van der Waals surface area contributed by atoms with Crippen LogP contribution in [0.4, 0.5) is 0 Å². The zero-order chi connectivity index (χ0) is 18.7. The van der Waals surface area contributed by atoms with Gasteiger partial charge in [-0.3, -0.25) is 19.2 Å². The van der Waals surface area contributed by atoms with E-state index in [0.29, 0.717) is 0 Å². The monoisotopic (exact) mass is 378 g/mol. The fourth-order valence-electron chi connectivity index (χ4n) is 2.37. The molecule has 4 unspecified atom stereocenters. The van der Waals surface area contributed by atoms with Gasteiger partial charge in [-0.15, -0.1) is 0 Å². The third kappa shape index (κ3) is 5.14. The molecule has 1 fully saturated rings. The van der Waals surface area contributed by atoms with E-state index in [2.05, 4.69) is 0 Å². The van der Waals surface area contributed by atoms with Gasteiger partial charge in [-0.1, -0.05) is 13.1 Å². The molecule has 0 N–H and O–H groups in total. The Morgan fingerprint density at radius 2 is 1.33 bits per heavy atom. The van der Waals surface area contributed by atoms with Crippen molar-refractivity contribution in [2.75, 3.05) is 0 Å². The molecular weight excluding hydrogens is 356 g/mol. The van der Waals surface area contributed by atoms with Crippen molar-refractivity contribution < 1.29 is 42.2 Å². The van der Waals surface area contributed by atoms with Crippen LogP contribution in [0, 0.1) is 0 Å². The van der Waals surface area contributed by atoms with Crippen LogP contribution in [0.1, 0.15) is 27.7 Å². The van der Waals surface area contributed by atoms with Crippen molar-refractivity contribution in [2.24, 2.45) is 0 Å². The summed E-state index contributed by atoms with van der Waals surface area (Å²) >= 11 is 0. The van der Waals surface area contributed by atoms with Crippen LogP contribution in [0.5, 0.6) is 0 Å². The molecular formula is C13H22O9Si2. The Kier molecular flexibility index (Phi) is 6.69. The molecule has 9 nitrogen and oxygen atoms in total. The van der Waals surface area contributed by atoms with Crippen LogP contribution in [0.25, 0.3) is 0 Å². The predicted molar refractivity (Wildman–Crippen MR) is 84.1 cm³/mol. The third-order valence-electron chi connectivity index (χ3n) is 3.32. The van der Waals surface area contributed by atoms with Gasteiger partial charge in [0.25, 0.3) is 5.97 Å². The van der Waals surface area contributed by atoms with Crippen LogP contribution in [-0.2, 0) is 42.2 Å². The Morgan fingerprint density at radius 3 is 1.75 bits per heavy atom. The van der Waals surface area contributed by atoms with Gasteiger partial charge >= 0.3 is 26.7 Å². The highest BCUT2D eigenvalue weighted by Gasteiger charge is 2.60. The number of hydrogen-bond acceptors (Lipinski definition) is 9. The molecule has 11 heteroatoms. The molecule has 0 aromatic rings.